The van der Waals surface area contributed by atoms with E-state index in [4.69, 9.17) is 16.0 Å². The van der Waals surface area contributed by atoms with E-state index in [1.165, 1.54) is 25.9 Å². The number of hydrogen-bond acceptors (Lipinski definition) is 5. The smallest absolute Gasteiger partial charge is 0.318 e. The van der Waals surface area contributed by atoms with Gasteiger partial charge in [0.05, 0.1) is 0 Å². The second-order valence-electron chi connectivity index (χ2n) is 5.66. The minimum atomic E-state index is 0.530. The van der Waals surface area contributed by atoms with Crippen LogP contribution in [0.2, 0.25) is 5.02 Å². The third kappa shape index (κ3) is 2.51. The minimum Gasteiger partial charge on any atom is -0.403 e. The predicted octanol–water partition coefficient (Wildman–Crippen LogP) is 2.67. The molecule has 0 amide bonds. The van der Waals surface area contributed by atoms with E-state index in [0.29, 0.717) is 23.0 Å². The van der Waals surface area contributed by atoms with Crippen molar-refractivity contribution in [2.75, 3.05) is 31.1 Å². The number of anilines is 1. The zero-order chi connectivity index (χ0) is 14.2. The van der Waals surface area contributed by atoms with E-state index in [1.807, 2.05) is 24.3 Å². The molecule has 5 nitrogen and oxygen atoms in total. The van der Waals surface area contributed by atoms with Gasteiger partial charge in [-0.25, -0.2) is 0 Å². The first-order chi connectivity index (χ1) is 10.3. The van der Waals surface area contributed by atoms with Crippen molar-refractivity contribution in [3.05, 3.63) is 29.3 Å². The van der Waals surface area contributed by atoms with Crippen molar-refractivity contribution in [1.29, 1.82) is 0 Å². The Morgan fingerprint density at radius 2 is 1.76 bits per heavy atom. The van der Waals surface area contributed by atoms with Crippen LogP contribution < -0.4 is 4.90 Å². The number of hydrogen-bond donors (Lipinski definition) is 0. The van der Waals surface area contributed by atoms with Gasteiger partial charge in [-0.2, -0.15) is 0 Å². The summed E-state index contributed by atoms with van der Waals surface area (Å²) in [5.41, 5.74) is 0.904. The molecule has 2 bridgehead atoms. The van der Waals surface area contributed by atoms with Crippen LogP contribution in [-0.4, -0.2) is 47.3 Å². The Bertz CT molecular complexity index is 619. The SMILES string of the molecule is Clc1ccc(-c2nnc(N3CCN4CCC3CC4)o2)cc1. The van der Waals surface area contributed by atoms with E-state index in [0.717, 1.165) is 18.7 Å². The molecule has 110 valence electrons. The monoisotopic (exact) mass is 304 g/mol. The van der Waals surface area contributed by atoms with Crippen molar-refractivity contribution in [3.8, 4) is 11.5 Å². The molecule has 5 rings (SSSR count). The molecule has 4 heterocycles. The van der Waals surface area contributed by atoms with Crippen LogP contribution in [0, 0.1) is 0 Å². The highest BCUT2D eigenvalue weighted by Crippen LogP contribution is 2.28. The lowest BCUT2D eigenvalue weighted by atomic mass is 10.1. The van der Waals surface area contributed by atoms with Crippen molar-refractivity contribution in [2.24, 2.45) is 0 Å². The van der Waals surface area contributed by atoms with Gasteiger partial charge in [-0.05, 0) is 37.1 Å². The summed E-state index contributed by atoms with van der Waals surface area (Å²) in [6.07, 6.45) is 2.36. The van der Waals surface area contributed by atoms with E-state index < -0.39 is 0 Å². The van der Waals surface area contributed by atoms with Gasteiger partial charge < -0.3 is 14.2 Å². The van der Waals surface area contributed by atoms with Gasteiger partial charge in [-0.3, -0.25) is 0 Å². The van der Waals surface area contributed by atoms with Gasteiger partial charge >= 0.3 is 6.01 Å². The summed E-state index contributed by atoms with van der Waals surface area (Å²) in [5, 5.41) is 9.15. The normalized spacial score (nSPS) is 25.1. The fraction of sp³-hybridized carbons (Fsp3) is 0.467. The molecule has 0 spiro atoms. The molecule has 3 aliphatic heterocycles. The molecule has 0 unspecified atom stereocenters. The molecule has 0 N–H and O–H groups in total. The van der Waals surface area contributed by atoms with Crippen molar-refractivity contribution >= 4 is 17.6 Å². The van der Waals surface area contributed by atoms with Crippen molar-refractivity contribution in [2.45, 2.75) is 18.9 Å². The molecule has 6 heteroatoms. The third-order valence-corrected chi connectivity index (χ3v) is 4.66. The first-order valence-electron chi connectivity index (χ1n) is 7.38. The lowest BCUT2D eigenvalue weighted by Gasteiger charge is -2.29. The highest BCUT2D eigenvalue weighted by Gasteiger charge is 2.31. The molecule has 1 aromatic heterocycles. The van der Waals surface area contributed by atoms with Crippen LogP contribution in [0.3, 0.4) is 0 Å². The standard InChI is InChI=1S/C15H17ClN4O/c16-12-3-1-11(2-4-12)14-17-18-15(21-14)20-10-9-19-7-5-13(20)6-8-19/h1-4,13H,5-10H2. The van der Waals surface area contributed by atoms with Crippen molar-refractivity contribution < 1.29 is 4.42 Å². The largest absolute Gasteiger partial charge is 0.403 e. The topological polar surface area (TPSA) is 45.4 Å². The molecule has 21 heavy (non-hydrogen) atoms. The number of rotatable bonds is 2. The van der Waals surface area contributed by atoms with Gasteiger partial charge in [0, 0.05) is 42.8 Å². The van der Waals surface area contributed by atoms with Crippen LogP contribution in [0.4, 0.5) is 6.01 Å². The Kier molecular flexibility index (Phi) is 3.31. The van der Waals surface area contributed by atoms with E-state index >= 15 is 0 Å². The Balaban J connectivity index is 1.60. The lowest BCUT2D eigenvalue weighted by molar-refractivity contribution is 0.249. The van der Waals surface area contributed by atoms with Crippen LogP contribution in [-0.2, 0) is 0 Å². The van der Waals surface area contributed by atoms with Crippen LogP contribution in [0.15, 0.2) is 28.7 Å². The number of piperidine rings is 1. The Morgan fingerprint density at radius 3 is 2.52 bits per heavy atom. The van der Waals surface area contributed by atoms with Crippen LogP contribution >= 0.6 is 11.6 Å². The van der Waals surface area contributed by atoms with Crippen LogP contribution in [0.1, 0.15) is 12.8 Å². The highest BCUT2D eigenvalue weighted by molar-refractivity contribution is 6.30. The molecule has 0 radical (unpaired) electrons. The third-order valence-electron chi connectivity index (χ3n) is 4.41. The van der Waals surface area contributed by atoms with Crippen LogP contribution in [0.5, 0.6) is 0 Å². The van der Waals surface area contributed by atoms with Crippen molar-refractivity contribution in [1.82, 2.24) is 15.1 Å². The molecular weight excluding hydrogens is 288 g/mol. The predicted molar refractivity (Wildman–Crippen MR) is 81.6 cm³/mol. The Labute approximate surface area is 128 Å². The van der Waals surface area contributed by atoms with Gasteiger partial charge in [0.2, 0.25) is 5.89 Å². The second-order valence-corrected chi connectivity index (χ2v) is 6.10. The molecule has 2 aromatic rings. The van der Waals surface area contributed by atoms with E-state index in [-0.39, 0.29) is 0 Å². The Morgan fingerprint density at radius 1 is 1.00 bits per heavy atom. The fourth-order valence-corrected chi connectivity index (χ4v) is 3.30. The summed E-state index contributed by atoms with van der Waals surface area (Å²) in [7, 11) is 0. The van der Waals surface area contributed by atoms with Gasteiger partial charge in [-0.1, -0.05) is 16.7 Å². The first kappa shape index (κ1) is 13.1. The summed E-state index contributed by atoms with van der Waals surface area (Å²) in [6, 6.07) is 8.65. The van der Waals surface area contributed by atoms with E-state index in [1.54, 1.807) is 0 Å². The molecule has 3 saturated heterocycles. The summed E-state index contributed by atoms with van der Waals surface area (Å²) in [4.78, 5) is 4.78. The van der Waals surface area contributed by atoms with Crippen LogP contribution in [0.25, 0.3) is 11.5 Å². The summed E-state index contributed by atoms with van der Waals surface area (Å²) in [6.45, 7) is 4.40. The maximum absolute atomic E-state index is 5.91. The Hall–Kier alpha value is -1.59. The molecule has 3 fully saturated rings. The summed E-state index contributed by atoms with van der Waals surface area (Å²) < 4.78 is 5.90. The number of fused-ring (bicyclic) bond motifs is 4. The van der Waals surface area contributed by atoms with Gasteiger partial charge in [0.25, 0.3) is 0 Å². The summed E-state index contributed by atoms with van der Waals surface area (Å²) in [5.74, 6) is 0.556. The van der Waals surface area contributed by atoms with Gasteiger partial charge in [0.1, 0.15) is 0 Å². The van der Waals surface area contributed by atoms with E-state index in [9.17, 15) is 0 Å². The number of benzene rings is 1. The second kappa shape index (κ2) is 5.31. The maximum Gasteiger partial charge on any atom is 0.318 e. The van der Waals surface area contributed by atoms with Gasteiger partial charge in [0.15, 0.2) is 0 Å². The zero-order valence-electron chi connectivity index (χ0n) is 11.7. The minimum absolute atomic E-state index is 0.530. The number of nitrogens with zero attached hydrogens (tertiary/aromatic N) is 4. The quantitative estimate of drug-likeness (QED) is 0.853. The average molecular weight is 305 g/mol. The number of aromatic nitrogens is 2. The summed E-state index contributed by atoms with van der Waals surface area (Å²) >= 11 is 5.91. The highest BCUT2D eigenvalue weighted by atomic mass is 35.5. The lowest BCUT2D eigenvalue weighted by Crippen LogP contribution is -2.38. The van der Waals surface area contributed by atoms with Crippen molar-refractivity contribution in [3.63, 3.8) is 0 Å². The van der Waals surface area contributed by atoms with E-state index in [2.05, 4.69) is 20.0 Å². The average Bonchev–Trinajstić information content (AvgIpc) is 2.81. The molecule has 0 saturated carbocycles. The maximum atomic E-state index is 5.91. The first-order valence-corrected chi connectivity index (χ1v) is 7.76. The number of halogens is 1. The molecule has 1 aromatic carbocycles. The molecule has 0 aliphatic carbocycles. The molecule has 0 atom stereocenters. The molecular formula is C15H17ClN4O. The zero-order valence-corrected chi connectivity index (χ0v) is 12.5. The molecule has 3 aliphatic rings. The fourth-order valence-electron chi connectivity index (χ4n) is 3.18. The van der Waals surface area contributed by atoms with Gasteiger partial charge in [-0.15, -0.1) is 5.10 Å².